The Morgan fingerprint density at radius 1 is 1.07 bits per heavy atom. The Bertz CT molecular complexity index is 988. The zero-order valence-corrected chi connectivity index (χ0v) is 16.5. The lowest BCUT2D eigenvalue weighted by molar-refractivity contribution is 0.373. The Kier molecular flexibility index (Phi) is 6.51. The number of sulfone groups is 1. The van der Waals surface area contributed by atoms with E-state index in [1.807, 2.05) is 0 Å². The lowest BCUT2D eigenvalue weighted by Gasteiger charge is -2.11. The number of hydrogen-bond donors (Lipinski definition) is 2. The van der Waals surface area contributed by atoms with E-state index in [0.29, 0.717) is 0 Å². The van der Waals surface area contributed by atoms with Crippen molar-refractivity contribution in [3.8, 4) is 11.8 Å². The number of sulfonamides is 1. The highest BCUT2D eigenvalue weighted by atomic mass is 32.2. The molecule has 0 bridgehead atoms. The average Bonchev–Trinajstić information content (AvgIpc) is 2.67. The molecule has 2 aromatic rings. The van der Waals surface area contributed by atoms with Gasteiger partial charge in [0.1, 0.15) is 4.90 Å². The van der Waals surface area contributed by atoms with Crippen LogP contribution in [0.3, 0.4) is 0 Å². The summed E-state index contributed by atoms with van der Waals surface area (Å²) in [5.41, 5.74) is 0. The highest BCUT2D eigenvalue weighted by molar-refractivity contribution is 7.93. The Labute approximate surface area is 157 Å². The molecule has 13 heteroatoms. The zero-order chi connectivity index (χ0) is 20.1. The van der Waals surface area contributed by atoms with Crippen molar-refractivity contribution < 1.29 is 26.3 Å². The number of nitrogens with one attached hydrogen (secondary N) is 2. The van der Waals surface area contributed by atoms with Crippen molar-refractivity contribution >= 4 is 25.8 Å². The number of methoxy groups -OCH3 is 2. The van der Waals surface area contributed by atoms with Gasteiger partial charge in [-0.1, -0.05) is 6.92 Å². The van der Waals surface area contributed by atoms with E-state index in [2.05, 4.69) is 25.0 Å². The van der Waals surface area contributed by atoms with Gasteiger partial charge in [0.15, 0.2) is 14.9 Å². The van der Waals surface area contributed by atoms with Gasteiger partial charge >= 0.3 is 0 Å². The Balaban J connectivity index is 2.20. The highest BCUT2D eigenvalue weighted by Crippen LogP contribution is 2.20. The number of ether oxygens (including phenoxy) is 2. The van der Waals surface area contributed by atoms with Crippen molar-refractivity contribution in [2.45, 2.75) is 16.8 Å². The summed E-state index contributed by atoms with van der Waals surface area (Å²) in [5.74, 6) is 0.231. The van der Waals surface area contributed by atoms with E-state index in [4.69, 9.17) is 9.47 Å². The SMILES string of the molecule is CCS(=O)(=O)c1cccnc1S(=O)(=O)NCNc1nc(OC)cc(OC)n1. The lowest BCUT2D eigenvalue weighted by Crippen LogP contribution is -2.31. The quantitative estimate of drug-likeness (QED) is 0.535. The largest absolute Gasteiger partial charge is 0.481 e. The molecule has 2 N–H and O–H groups in total. The van der Waals surface area contributed by atoms with E-state index in [9.17, 15) is 16.8 Å². The number of aromatic nitrogens is 3. The van der Waals surface area contributed by atoms with Gasteiger partial charge in [0.2, 0.25) is 17.7 Å². The number of rotatable bonds is 9. The van der Waals surface area contributed by atoms with Gasteiger partial charge in [-0.25, -0.2) is 21.8 Å². The van der Waals surface area contributed by atoms with Crippen LogP contribution in [0.2, 0.25) is 0 Å². The predicted octanol–water partition coefficient (Wildman–Crippen LogP) is 0.0303. The molecule has 0 saturated carbocycles. The summed E-state index contributed by atoms with van der Waals surface area (Å²) < 4.78 is 61.4. The minimum Gasteiger partial charge on any atom is -0.481 e. The van der Waals surface area contributed by atoms with Gasteiger partial charge in [0.25, 0.3) is 10.0 Å². The molecule has 27 heavy (non-hydrogen) atoms. The summed E-state index contributed by atoms with van der Waals surface area (Å²) >= 11 is 0. The molecular weight excluding hydrogens is 398 g/mol. The molecule has 11 nitrogen and oxygen atoms in total. The third-order valence-corrected chi connectivity index (χ3v) is 6.56. The van der Waals surface area contributed by atoms with E-state index >= 15 is 0 Å². The predicted molar refractivity (Wildman–Crippen MR) is 95.9 cm³/mol. The van der Waals surface area contributed by atoms with Crippen molar-refractivity contribution in [1.82, 2.24) is 19.7 Å². The fourth-order valence-corrected chi connectivity index (χ4v) is 4.50. The van der Waals surface area contributed by atoms with E-state index < -0.39 is 24.9 Å². The zero-order valence-electron chi connectivity index (χ0n) is 14.8. The minimum atomic E-state index is -4.21. The van der Waals surface area contributed by atoms with Gasteiger partial charge in [0, 0.05) is 6.20 Å². The molecule has 0 aromatic carbocycles. The second kappa shape index (κ2) is 8.45. The maximum Gasteiger partial charge on any atom is 0.260 e. The van der Waals surface area contributed by atoms with Crippen LogP contribution in [0.5, 0.6) is 11.8 Å². The molecule has 2 aromatic heterocycles. The van der Waals surface area contributed by atoms with Crippen LogP contribution in [0.15, 0.2) is 34.3 Å². The highest BCUT2D eigenvalue weighted by Gasteiger charge is 2.26. The van der Waals surface area contributed by atoms with Gasteiger partial charge in [-0.2, -0.15) is 14.7 Å². The van der Waals surface area contributed by atoms with Crippen LogP contribution in [0.4, 0.5) is 5.95 Å². The number of hydrogen-bond acceptors (Lipinski definition) is 10. The molecule has 0 aliphatic heterocycles. The summed E-state index contributed by atoms with van der Waals surface area (Å²) in [4.78, 5) is 11.3. The molecule has 0 aliphatic rings. The van der Waals surface area contributed by atoms with Crippen molar-refractivity contribution in [3.63, 3.8) is 0 Å². The first-order chi connectivity index (χ1) is 12.7. The van der Waals surface area contributed by atoms with Crippen LogP contribution >= 0.6 is 0 Å². The Morgan fingerprint density at radius 2 is 1.70 bits per heavy atom. The molecule has 148 valence electrons. The van der Waals surface area contributed by atoms with Crippen LogP contribution in [0.25, 0.3) is 0 Å². The molecular formula is C14H19N5O6S2. The lowest BCUT2D eigenvalue weighted by atomic mass is 10.5. The molecule has 0 amide bonds. The molecule has 0 unspecified atom stereocenters. The second-order valence-corrected chi connectivity index (χ2v) is 8.92. The maximum absolute atomic E-state index is 12.5. The van der Waals surface area contributed by atoms with Crippen LogP contribution in [0, 0.1) is 0 Å². The third-order valence-electron chi connectivity index (χ3n) is 3.31. The number of pyridine rings is 1. The first-order valence-electron chi connectivity index (χ1n) is 7.62. The molecule has 2 heterocycles. The second-order valence-electron chi connectivity index (χ2n) is 4.99. The fourth-order valence-electron chi connectivity index (χ4n) is 1.94. The van der Waals surface area contributed by atoms with Crippen molar-refractivity contribution in [2.75, 3.05) is 32.0 Å². The van der Waals surface area contributed by atoms with E-state index in [0.717, 1.165) is 0 Å². The Morgan fingerprint density at radius 3 is 2.26 bits per heavy atom. The van der Waals surface area contributed by atoms with E-state index in [1.165, 1.54) is 45.5 Å². The first kappa shape index (κ1) is 20.8. The number of nitrogens with zero attached hydrogens (tertiary/aromatic N) is 3. The fraction of sp³-hybridized carbons (Fsp3) is 0.357. The van der Waals surface area contributed by atoms with Gasteiger partial charge in [-0.15, -0.1) is 0 Å². The third kappa shape index (κ3) is 5.02. The molecule has 0 fully saturated rings. The normalized spacial score (nSPS) is 11.8. The summed E-state index contributed by atoms with van der Waals surface area (Å²) in [6.07, 6.45) is 1.20. The monoisotopic (exact) mass is 417 g/mol. The van der Waals surface area contributed by atoms with Gasteiger partial charge in [-0.05, 0) is 12.1 Å². The van der Waals surface area contributed by atoms with Crippen LogP contribution in [0.1, 0.15) is 6.92 Å². The number of anilines is 1. The van der Waals surface area contributed by atoms with E-state index in [1.54, 1.807) is 0 Å². The summed E-state index contributed by atoms with van der Waals surface area (Å²) in [5, 5.41) is 2.07. The summed E-state index contributed by atoms with van der Waals surface area (Å²) in [6, 6.07) is 4.01. The molecule has 0 radical (unpaired) electrons. The van der Waals surface area contributed by atoms with Crippen LogP contribution in [-0.2, 0) is 19.9 Å². The topological polar surface area (TPSA) is 149 Å². The molecule has 0 atom stereocenters. The molecule has 2 rings (SSSR count). The smallest absolute Gasteiger partial charge is 0.260 e. The molecule has 0 spiro atoms. The van der Waals surface area contributed by atoms with Gasteiger partial charge in [0.05, 0.1) is 32.7 Å². The summed E-state index contributed by atoms with van der Waals surface area (Å²) in [7, 11) is -5.16. The molecule has 0 saturated heterocycles. The Hall–Kier alpha value is -2.51. The maximum atomic E-state index is 12.5. The van der Waals surface area contributed by atoms with Crippen molar-refractivity contribution in [3.05, 3.63) is 24.4 Å². The van der Waals surface area contributed by atoms with E-state index in [-0.39, 0.29) is 35.0 Å². The van der Waals surface area contributed by atoms with Crippen LogP contribution < -0.4 is 19.5 Å². The van der Waals surface area contributed by atoms with Gasteiger partial charge in [-0.3, -0.25) is 0 Å². The van der Waals surface area contributed by atoms with Crippen LogP contribution in [-0.4, -0.2) is 58.4 Å². The van der Waals surface area contributed by atoms with Gasteiger partial charge < -0.3 is 14.8 Å². The minimum absolute atomic E-state index is 0.0522. The van der Waals surface area contributed by atoms with Crippen molar-refractivity contribution in [2.24, 2.45) is 0 Å². The molecule has 0 aliphatic carbocycles. The first-order valence-corrected chi connectivity index (χ1v) is 10.8. The van der Waals surface area contributed by atoms with Crippen molar-refractivity contribution in [1.29, 1.82) is 0 Å². The standard InChI is InChI=1S/C14H19N5O6S2/c1-4-26(20,21)10-6-5-7-15-13(10)27(22,23)17-9-16-14-18-11(24-2)8-12(19-14)25-3/h5-8,17H,4,9H2,1-3H3,(H,16,18,19). The summed E-state index contributed by atoms with van der Waals surface area (Å²) in [6.45, 7) is 1.10. The average molecular weight is 417 g/mol.